The standard InChI is InChI=1S/C21H25FN2O4.ClH/c1-14-3-5-18(19(11-14)26-2)28-17-6-4-15(12-16(17)22)24-20(25)21(13-23)7-9-27-10-8-21;/h3-6,11-12H,7-10,13,23H2,1-2H3,(H,24,25);1H. The Morgan fingerprint density at radius 1 is 1.17 bits per heavy atom. The van der Waals surface area contributed by atoms with Crippen molar-refractivity contribution in [2.45, 2.75) is 19.8 Å². The van der Waals surface area contributed by atoms with Gasteiger partial charge < -0.3 is 25.3 Å². The molecule has 2 aromatic carbocycles. The van der Waals surface area contributed by atoms with Gasteiger partial charge in [0.25, 0.3) is 0 Å². The maximum atomic E-state index is 14.6. The highest BCUT2D eigenvalue weighted by Gasteiger charge is 2.38. The van der Waals surface area contributed by atoms with Crippen molar-refractivity contribution < 1.29 is 23.4 Å². The molecule has 1 amide bonds. The van der Waals surface area contributed by atoms with Crippen molar-refractivity contribution in [2.24, 2.45) is 11.1 Å². The van der Waals surface area contributed by atoms with E-state index in [1.807, 2.05) is 19.1 Å². The van der Waals surface area contributed by atoms with Gasteiger partial charge in [0, 0.05) is 31.5 Å². The van der Waals surface area contributed by atoms with Crippen LogP contribution < -0.4 is 20.5 Å². The van der Waals surface area contributed by atoms with E-state index < -0.39 is 11.2 Å². The Hall–Kier alpha value is -2.35. The molecular formula is C21H26ClFN2O4. The van der Waals surface area contributed by atoms with Gasteiger partial charge in [-0.1, -0.05) is 6.07 Å². The number of carbonyl (C=O) groups excluding carboxylic acids is 1. The van der Waals surface area contributed by atoms with Crippen LogP contribution in [0, 0.1) is 18.2 Å². The minimum Gasteiger partial charge on any atom is -0.493 e. The maximum Gasteiger partial charge on any atom is 0.232 e. The minimum atomic E-state index is -0.681. The predicted octanol–water partition coefficient (Wildman–Crippen LogP) is 4.05. The molecule has 29 heavy (non-hydrogen) atoms. The number of nitrogens with one attached hydrogen (secondary N) is 1. The molecule has 1 aliphatic rings. The molecular weight excluding hydrogens is 399 g/mol. The number of methoxy groups -OCH3 is 1. The summed E-state index contributed by atoms with van der Waals surface area (Å²) in [4.78, 5) is 12.7. The number of amides is 1. The van der Waals surface area contributed by atoms with Crippen molar-refractivity contribution in [1.82, 2.24) is 0 Å². The lowest BCUT2D eigenvalue weighted by atomic mass is 9.79. The second-order valence-corrected chi connectivity index (χ2v) is 6.95. The van der Waals surface area contributed by atoms with Crippen LogP contribution in [-0.4, -0.2) is 32.8 Å². The van der Waals surface area contributed by atoms with Gasteiger partial charge in [0.2, 0.25) is 5.91 Å². The highest BCUT2D eigenvalue weighted by molar-refractivity contribution is 5.95. The zero-order valence-corrected chi connectivity index (χ0v) is 17.3. The lowest BCUT2D eigenvalue weighted by Gasteiger charge is -2.34. The lowest BCUT2D eigenvalue weighted by Crippen LogP contribution is -2.46. The average molecular weight is 425 g/mol. The van der Waals surface area contributed by atoms with E-state index in [4.69, 9.17) is 19.9 Å². The van der Waals surface area contributed by atoms with Crippen LogP contribution in [0.3, 0.4) is 0 Å². The summed E-state index contributed by atoms with van der Waals surface area (Å²) in [6.07, 6.45) is 1.10. The molecule has 3 rings (SSSR count). The number of rotatable bonds is 6. The Morgan fingerprint density at radius 3 is 2.48 bits per heavy atom. The number of nitrogens with two attached hydrogens (primary N) is 1. The number of benzene rings is 2. The van der Waals surface area contributed by atoms with Gasteiger partial charge in [-0.25, -0.2) is 4.39 Å². The molecule has 0 radical (unpaired) electrons. The minimum absolute atomic E-state index is 0. The first-order valence-electron chi connectivity index (χ1n) is 9.19. The number of carbonyl (C=O) groups is 1. The smallest absolute Gasteiger partial charge is 0.232 e. The highest BCUT2D eigenvalue weighted by atomic mass is 35.5. The molecule has 1 heterocycles. The Morgan fingerprint density at radius 2 is 1.86 bits per heavy atom. The van der Waals surface area contributed by atoms with Crippen LogP contribution in [0.25, 0.3) is 0 Å². The van der Waals surface area contributed by atoms with Crippen LogP contribution in [0.1, 0.15) is 18.4 Å². The van der Waals surface area contributed by atoms with Gasteiger partial charge >= 0.3 is 0 Å². The van der Waals surface area contributed by atoms with Crippen LogP contribution in [-0.2, 0) is 9.53 Å². The van der Waals surface area contributed by atoms with E-state index >= 15 is 0 Å². The fraction of sp³-hybridized carbons (Fsp3) is 0.381. The van der Waals surface area contributed by atoms with E-state index in [1.54, 1.807) is 12.1 Å². The van der Waals surface area contributed by atoms with E-state index in [1.165, 1.54) is 19.2 Å². The number of anilines is 1. The van der Waals surface area contributed by atoms with Gasteiger partial charge in [-0.2, -0.15) is 0 Å². The fourth-order valence-electron chi connectivity index (χ4n) is 3.19. The molecule has 1 saturated heterocycles. The van der Waals surface area contributed by atoms with Crippen LogP contribution in [0.2, 0.25) is 0 Å². The number of halogens is 2. The molecule has 0 unspecified atom stereocenters. The Labute approximate surface area is 175 Å². The molecule has 0 aliphatic carbocycles. The number of ether oxygens (including phenoxy) is 3. The van der Waals surface area contributed by atoms with E-state index in [9.17, 15) is 9.18 Å². The molecule has 8 heteroatoms. The molecule has 0 spiro atoms. The molecule has 1 aliphatic heterocycles. The molecule has 0 atom stereocenters. The number of aryl methyl sites for hydroxylation is 1. The Balaban J connectivity index is 0.00000300. The number of hydrogen-bond donors (Lipinski definition) is 2. The maximum absolute atomic E-state index is 14.6. The van der Waals surface area contributed by atoms with Crippen LogP contribution >= 0.6 is 12.4 Å². The molecule has 3 N–H and O–H groups in total. The van der Waals surface area contributed by atoms with E-state index in [0.717, 1.165) is 5.56 Å². The van der Waals surface area contributed by atoms with Gasteiger partial charge in [-0.3, -0.25) is 4.79 Å². The highest BCUT2D eigenvalue weighted by Crippen LogP contribution is 2.35. The largest absolute Gasteiger partial charge is 0.493 e. The summed E-state index contributed by atoms with van der Waals surface area (Å²) in [5.74, 6) is 0.162. The fourth-order valence-corrected chi connectivity index (χ4v) is 3.19. The first kappa shape index (κ1) is 22.9. The second-order valence-electron chi connectivity index (χ2n) is 6.95. The summed E-state index contributed by atoms with van der Waals surface area (Å²) >= 11 is 0. The molecule has 1 fully saturated rings. The molecule has 2 aromatic rings. The van der Waals surface area contributed by atoms with Crippen molar-refractivity contribution in [3.8, 4) is 17.2 Å². The Bertz CT molecular complexity index is 857. The monoisotopic (exact) mass is 424 g/mol. The average Bonchev–Trinajstić information content (AvgIpc) is 2.71. The molecule has 0 aromatic heterocycles. The van der Waals surface area contributed by atoms with Crippen LogP contribution in [0.15, 0.2) is 36.4 Å². The zero-order valence-electron chi connectivity index (χ0n) is 16.5. The lowest BCUT2D eigenvalue weighted by molar-refractivity contribution is -0.130. The summed E-state index contributed by atoms with van der Waals surface area (Å²) in [5, 5.41) is 2.77. The SMILES string of the molecule is COc1cc(C)ccc1Oc1ccc(NC(=O)C2(CN)CCOCC2)cc1F.Cl. The van der Waals surface area contributed by atoms with Crippen LogP contribution in [0.4, 0.5) is 10.1 Å². The van der Waals surface area contributed by atoms with Gasteiger partial charge in [0.1, 0.15) is 0 Å². The molecule has 158 valence electrons. The summed E-state index contributed by atoms with van der Waals surface area (Å²) in [7, 11) is 1.53. The normalized spacial score (nSPS) is 15.2. The van der Waals surface area contributed by atoms with Gasteiger partial charge in [-0.15, -0.1) is 12.4 Å². The van der Waals surface area contributed by atoms with E-state index in [2.05, 4.69) is 5.32 Å². The van der Waals surface area contributed by atoms with E-state index in [-0.39, 0.29) is 30.6 Å². The van der Waals surface area contributed by atoms with Crippen molar-refractivity contribution in [2.75, 3.05) is 32.2 Å². The van der Waals surface area contributed by atoms with Crippen molar-refractivity contribution in [1.29, 1.82) is 0 Å². The third kappa shape index (κ3) is 5.18. The van der Waals surface area contributed by atoms with Gasteiger partial charge in [-0.05, 0) is 49.6 Å². The number of hydrogen-bond acceptors (Lipinski definition) is 5. The molecule has 0 saturated carbocycles. The predicted molar refractivity (Wildman–Crippen MR) is 112 cm³/mol. The third-order valence-corrected chi connectivity index (χ3v) is 5.05. The van der Waals surface area contributed by atoms with Crippen LogP contribution in [0.5, 0.6) is 17.2 Å². The summed E-state index contributed by atoms with van der Waals surface area (Å²) in [6.45, 7) is 3.13. The second kappa shape index (κ2) is 9.91. The summed E-state index contributed by atoms with van der Waals surface area (Å²) in [6, 6.07) is 9.69. The Kier molecular flexibility index (Phi) is 7.84. The summed E-state index contributed by atoms with van der Waals surface area (Å²) in [5.41, 5.74) is 6.52. The third-order valence-electron chi connectivity index (χ3n) is 5.05. The van der Waals surface area contributed by atoms with Crippen molar-refractivity contribution >= 4 is 24.0 Å². The van der Waals surface area contributed by atoms with E-state index in [0.29, 0.717) is 43.2 Å². The zero-order chi connectivity index (χ0) is 20.1. The first-order chi connectivity index (χ1) is 13.5. The van der Waals surface area contributed by atoms with Gasteiger partial charge in [0.15, 0.2) is 23.1 Å². The quantitative estimate of drug-likeness (QED) is 0.730. The van der Waals surface area contributed by atoms with Gasteiger partial charge in [0.05, 0.1) is 12.5 Å². The summed E-state index contributed by atoms with van der Waals surface area (Å²) < 4.78 is 30.8. The van der Waals surface area contributed by atoms with Crippen molar-refractivity contribution in [3.63, 3.8) is 0 Å². The first-order valence-corrected chi connectivity index (χ1v) is 9.19. The molecule has 6 nitrogen and oxygen atoms in total. The van der Waals surface area contributed by atoms with Crippen molar-refractivity contribution in [3.05, 3.63) is 47.8 Å². The molecule has 0 bridgehead atoms. The topological polar surface area (TPSA) is 82.8 Å².